The first kappa shape index (κ1) is 30.2. The fraction of sp³-hybridized carbons (Fsp3) is 0.577. The lowest BCUT2D eigenvalue weighted by molar-refractivity contribution is -0.141. The van der Waals surface area contributed by atoms with E-state index in [9.17, 15) is 36.2 Å². The highest BCUT2D eigenvalue weighted by Gasteiger charge is 2.38. The molecule has 0 aliphatic carbocycles. The maximum absolute atomic E-state index is 13.9. The minimum Gasteiger partial charge on any atom is -0.408 e. The molecule has 0 spiro atoms. The van der Waals surface area contributed by atoms with E-state index in [1.807, 2.05) is 4.90 Å². The second kappa shape index (κ2) is 12.4. The summed E-state index contributed by atoms with van der Waals surface area (Å²) < 4.78 is 99.8. The number of hydrogen-bond donors (Lipinski definition) is 2. The lowest BCUT2D eigenvalue weighted by atomic mass is 10.00. The molecule has 222 valence electrons. The molecule has 1 aromatic heterocycles. The van der Waals surface area contributed by atoms with E-state index in [0.29, 0.717) is 64.1 Å². The molecule has 1 unspecified atom stereocenters. The zero-order valence-electron chi connectivity index (χ0n) is 21.8. The Morgan fingerprint density at radius 2 is 1.85 bits per heavy atom. The van der Waals surface area contributed by atoms with Crippen LogP contribution < -0.4 is 10.1 Å². The van der Waals surface area contributed by atoms with Gasteiger partial charge in [0.25, 0.3) is 0 Å². The van der Waals surface area contributed by atoms with E-state index >= 15 is 0 Å². The third kappa shape index (κ3) is 7.47. The first-order valence-corrected chi connectivity index (χ1v) is 12.9. The molecular formula is C26H31F6N3O5. The van der Waals surface area contributed by atoms with Crippen LogP contribution in [0.1, 0.15) is 29.7 Å². The lowest BCUT2D eigenvalue weighted by Crippen LogP contribution is -2.44. The summed E-state index contributed by atoms with van der Waals surface area (Å²) in [4.78, 5) is 14.5. The molecule has 2 aliphatic rings. The van der Waals surface area contributed by atoms with Gasteiger partial charge in [0.1, 0.15) is 0 Å². The summed E-state index contributed by atoms with van der Waals surface area (Å²) in [6.45, 7) is 4.49. The minimum absolute atomic E-state index is 0.0535. The van der Waals surface area contributed by atoms with E-state index in [-0.39, 0.29) is 36.3 Å². The summed E-state index contributed by atoms with van der Waals surface area (Å²) in [6.07, 6.45) is -10.7. The van der Waals surface area contributed by atoms with Gasteiger partial charge in [-0.25, -0.2) is 4.79 Å². The minimum atomic E-state index is -4.94. The van der Waals surface area contributed by atoms with Crippen LogP contribution in [0.15, 0.2) is 24.3 Å². The Bertz CT molecular complexity index is 1170. The Kier molecular flexibility index (Phi) is 9.33. The van der Waals surface area contributed by atoms with E-state index in [4.69, 9.17) is 14.2 Å². The van der Waals surface area contributed by atoms with Gasteiger partial charge in [-0.15, -0.1) is 0 Å². The number of β-amino-alcohol motifs (C(OH)–C–C–N with tert-alkyl or cyclic N) is 1. The third-order valence-electron chi connectivity index (χ3n) is 6.92. The summed E-state index contributed by atoms with van der Waals surface area (Å²) in [5.41, 5.74) is -3.15. The Morgan fingerprint density at radius 1 is 1.12 bits per heavy atom. The van der Waals surface area contributed by atoms with Crippen molar-refractivity contribution in [3.05, 3.63) is 41.1 Å². The number of ether oxygens (including phenoxy) is 3. The maximum Gasteiger partial charge on any atom is 0.417 e. The number of rotatable bonds is 8. The number of alkyl halides is 6. The molecule has 2 aromatic rings. The first-order chi connectivity index (χ1) is 18.8. The number of nitrogens with zero attached hydrogens (tertiary/aromatic N) is 2. The number of aliphatic hydroxyl groups excluding tert-OH is 1. The molecule has 1 aromatic carbocycles. The zero-order valence-corrected chi connectivity index (χ0v) is 21.8. The number of carbonyl (C=O) groups excluding carboxylic acids is 1. The molecular weight excluding hydrogens is 548 g/mol. The van der Waals surface area contributed by atoms with Gasteiger partial charge in [-0.1, -0.05) is 0 Å². The third-order valence-corrected chi connectivity index (χ3v) is 6.92. The number of halogens is 6. The number of nitrogens with one attached hydrogen (secondary N) is 1. The van der Waals surface area contributed by atoms with Crippen molar-refractivity contribution in [2.45, 2.75) is 50.9 Å². The van der Waals surface area contributed by atoms with Crippen LogP contribution in [-0.2, 0) is 28.4 Å². The normalized spacial score (nSPS) is 19.6. The number of hydrogen-bond acceptors (Lipinski definition) is 6. The highest BCUT2D eigenvalue weighted by molar-refractivity contribution is 5.74. The predicted molar refractivity (Wildman–Crippen MR) is 131 cm³/mol. The molecule has 2 atom stereocenters. The monoisotopic (exact) mass is 579 g/mol. The Morgan fingerprint density at radius 3 is 2.48 bits per heavy atom. The summed E-state index contributed by atoms with van der Waals surface area (Å²) in [5, 5.41) is 12.7. The highest BCUT2D eigenvalue weighted by atomic mass is 19.4. The van der Waals surface area contributed by atoms with Crippen molar-refractivity contribution >= 4 is 6.09 Å². The van der Waals surface area contributed by atoms with Gasteiger partial charge in [0.05, 0.1) is 47.9 Å². The lowest BCUT2D eigenvalue weighted by Gasteiger charge is -2.28. The molecule has 1 amide bonds. The molecule has 0 radical (unpaired) electrons. The smallest absolute Gasteiger partial charge is 0.408 e. The van der Waals surface area contributed by atoms with E-state index in [2.05, 4.69) is 5.32 Å². The molecule has 3 heterocycles. The van der Waals surface area contributed by atoms with Crippen LogP contribution >= 0.6 is 0 Å². The number of carbonyl (C=O) groups is 1. The van der Waals surface area contributed by atoms with Gasteiger partial charge in [0.2, 0.25) is 0 Å². The largest absolute Gasteiger partial charge is 0.417 e. The van der Waals surface area contributed by atoms with Gasteiger partial charge in [0.15, 0.2) is 5.75 Å². The van der Waals surface area contributed by atoms with Crippen molar-refractivity contribution in [1.29, 1.82) is 0 Å². The number of benzene rings is 1. The molecule has 8 nitrogen and oxygen atoms in total. The van der Waals surface area contributed by atoms with Gasteiger partial charge in [-0.05, 0) is 38.0 Å². The van der Waals surface area contributed by atoms with Gasteiger partial charge in [-0.3, -0.25) is 4.90 Å². The van der Waals surface area contributed by atoms with Gasteiger partial charge in [-0.2, -0.15) is 26.3 Å². The van der Waals surface area contributed by atoms with Gasteiger partial charge in [0, 0.05) is 51.0 Å². The van der Waals surface area contributed by atoms with Crippen molar-refractivity contribution in [1.82, 2.24) is 14.8 Å². The molecule has 2 N–H and O–H groups in total. The fourth-order valence-corrected chi connectivity index (χ4v) is 4.84. The summed E-state index contributed by atoms with van der Waals surface area (Å²) in [7, 11) is 0. The highest BCUT2D eigenvalue weighted by Crippen LogP contribution is 2.43. The Balaban J connectivity index is 1.60. The van der Waals surface area contributed by atoms with E-state index < -0.39 is 41.2 Å². The van der Waals surface area contributed by atoms with Crippen molar-refractivity contribution in [2.75, 3.05) is 46.0 Å². The first-order valence-electron chi connectivity index (χ1n) is 12.9. The number of morpholine rings is 1. The van der Waals surface area contributed by atoms with Crippen LogP contribution in [-0.4, -0.2) is 78.9 Å². The molecule has 2 fully saturated rings. The molecule has 14 heteroatoms. The van der Waals surface area contributed by atoms with Crippen LogP contribution in [0.3, 0.4) is 0 Å². The van der Waals surface area contributed by atoms with Gasteiger partial charge < -0.3 is 29.2 Å². The standard InChI is InChI=1S/C26H31F6N3O5/c1-16-23(40-24(37)33-13-18(36)14-34-6-9-38-10-7-34)12-22(35(16)15-19-3-2-8-39-19)20-11-17(25(27,28)29)4-5-21(20)26(30,31)32/h4-5,11-12,18-19,36H,2-3,6-10,13-15H2,1H3,(H,33,37)/t18?,19-/m1/s1. The van der Waals surface area contributed by atoms with Crippen LogP contribution in [0, 0.1) is 6.92 Å². The predicted octanol–water partition coefficient (Wildman–Crippen LogP) is 4.46. The summed E-state index contributed by atoms with van der Waals surface area (Å²) in [6, 6.07) is 2.37. The molecule has 2 aliphatic heterocycles. The second-order valence-electron chi connectivity index (χ2n) is 9.82. The summed E-state index contributed by atoms with van der Waals surface area (Å²) >= 11 is 0. The fourth-order valence-electron chi connectivity index (χ4n) is 4.84. The Hall–Kier alpha value is -2.81. The molecule has 4 rings (SSSR count). The van der Waals surface area contributed by atoms with Crippen LogP contribution in [0.2, 0.25) is 0 Å². The average Bonchev–Trinajstić information content (AvgIpc) is 3.51. The van der Waals surface area contributed by atoms with Crippen LogP contribution in [0.5, 0.6) is 5.75 Å². The van der Waals surface area contributed by atoms with E-state index in [1.165, 1.54) is 11.5 Å². The Labute approximate surface area is 226 Å². The number of aromatic nitrogens is 1. The quantitative estimate of drug-likeness (QED) is 0.450. The molecule has 2 saturated heterocycles. The van der Waals surface area contributed by atoms with Crippen molar-refractivity contribution in [2.24, 2.45) is 0 Å². The topological polar surface area (TPSA) is 85.2 Å². The van der Waals surface area contributed by atoms with E-state index in [0.717, 1.165) is 12.5 Å². The zero-order chi connectivity index (χ0) is 29.1. The molecule has 0 saturated carbocycles. The van der Waals surface area contributed by atoms with Crippen molar-refractivity contribution in [3.8, 4) is 17.0 Å². The number of amides is 1. The van der Waals surface area contributed by atoms with E-state index in [1.54, 1.807) is 0 Å². The number of aliphatic hydroxyl groups is 1. The molecule has 0 bridgehead atoms. The maximum atomic E-state index is 13.9. The average molecular weight is 580 g/mol. The summed E-state index contributed by atoms with van der Waals surface area (Å²) in [5.74, 6) is -0.126. The van der Waals surface area contributed by atoms with Crippen molar-refractivity contribution < 1.29 is 50.5 Å². The van der Waals surface area contributed by atoms with Crippen LogP contribution in [0.25, 0.3) is 11.3 Å². The molecule has 40 heavy (non-hydrogen) atoms. The van der Waals surface area contributed by atoms with Crippen molar-refractivity contribution in [3.63, 3.8) is 0 Å². The SMILES string of the molecule is Cc1c(OC(=O)NCC(O)CN2CCOCC2)cc(-c2cc(C(F)(F)F)ccc2C(F)(F)F)n1C[C@H]1CCCO1. The van der Waals surface area contributed by atoms with Crippen LogP contribution in [0.4, 0.5) is 31.1 Å². The second-order valence-corrected chi connectivity index (χ2v) is 9.82. The van der Waals surface area contributed by atoms with Gasteiger partial charge >= 0.3 is 18.4 Å².